The third-order valence-electron chi connectivity index (χ3n) is 1.91. The summed E-state index contributed by atoms with van der Waals surface area (Å²) in [6.07, 6.45) is 0. The molecule has 1 heterocycles. The van der Waals surface area contributed by atoms with Gasteiger partial charge in [-0.05, 0) is 27.0 Å². The second-order valence-electron chi connectivity index (χ2n) is 2.84. The van der Waals surface area contributed by atoms with Gasteiger partial charge in [-0.3, -0.25) is 4.68 Å². The number of aryl methyl sites for hydroxylation is 2. The highest BCUT2D eigenvalue weighted by molar-refractivity contribution is 5.11. The first-order valence-electron chi connectivity index (χ1n) is 3.83. The van der Waals surface area contributed by atoms with Crippen molar-refractivity contribution < 1.29 is 0 Å². The molecule has 0 aliphatic rings. The van der Waals surface area contributed by atoms with E-state index in [4.69, 9.17) is 0 Å². The molecule has 1 N–H and O–H groups in total. The van der Waals surface area contributed by atoms with E-state index in [-0.39, 0.29) is 0 Å². The van der Waals surface area contributed by atoms with Gasteiger partial charge in [0.1, 0.15) is 0 Å². The van der Waals surface area contributed by atoms with Gasteiger partial charge in [-0.25, -0.2) is 0 Å². The highest BCUT2D eigenvalue weighted by Gasteiger charge is 2.07. The molecular weight excluding hydrogens is 138 g/mol. The van der Waals surface area contributed by atoms with E-state index in [1.165, 1.54) is 5.69 Å². The van der Waals surface area contributed by atoms with E-state index in [0.717, 1.165) is 5.69 Å². The van der Waals surface area contributed by atoms with Crippen LogP contribution in [0.5, 0.6) is 0 Å². The van der Waals surface area contributed by atoms with Crippen LogP contribution in [0.4, 0.5) is 0 Å². The fourth-order valence-corrected chi connectivity index (χ4v) is 1.18. The quantitative estimate of drug-likeness (QED) is 0.687. The predicted octanol–water partition coefficient (Wildman–Crippen LogP) is 1.01. The smallest absolute Gasteiger partial charge is 0.0597 e. The van der Waals surface area contributed by atoms with E-state index < -0.39 is 0 Å². The zero-order valence-electron chi connectivity index (χ0n) is 7.55. The first-order valence-corrected chi connectivity index (χ1v) is 3.83. The lowest BCUT2D eigenvalue weighted by atomic mass is 10.2. The highest BCUT2D eigenvalue weighted by atomic mass is 15.3. The molecule has 11 heavy (non-hydrogen) atoms. The predicted molar refractivity (Wildman–Crippen MR) is 45.4 cm³/mol. The minimum Gasteiger partial charge on any atom is -0.312 e. The molecule has 0 aliphatic carbocycles. The van der Waals surface area contributed by atoms with Crippen molar-refractivity contribution >= 4 is 0 Å². The second-order valence-corrected chi connectivity index (χ2v) is 2.84. The van der Waals surface area contributed by atoms with Crippen LogP contribution in [0.1, 0.15) is 24.4 Å². The normalized spacial score (nSPS) is 13.5. The monoisotopic (exact) mass is 153 g/mol. The van der Waals surface area contributed by atoms with Gasteiger partial charge in [0.05, 0.1) is 11.4 Å². The van der Waals surface area contributed by atoms with Gasteiger partial charge in [0.2, 0.25) is 0 Å². The maximum Gasteiger partial charge on any atom is 0.0597 e. The Labute approximate surface area is 67.4 Å². The van der Waals surface area contributed by atoms with Crippen LogP contribution in [0.3, 0.4) is 0 Å². The molecule has 1 rings (SSSR count). The minimum absolute atomic E-state index is 0.376. The molecule has 0 saturated heterocycles. The van der Waals surface area contributed by atoms with Crippen LogP contribution in [0.2, 0.25) is 0 Å². The van der Waals surface area contributed by atoms with Gasteiger partial charge < -0.3 is 5.32 Å². The van der Waals surface area contributed by atoms with E-state index >= 15 is 0 Å². The van der Waals surface area contributed by atoms with Crippen molar-refractivity contribution in [3.63, 3.8) is 0 Å². The number of hydrogen-bond acceptors (Lipinski definition) is 2. The van der Waals surface area contributed by atoms with Crippen molar-refractivity contribution in [3.05, 3.63) is 17.5 Å². The Balaban J connectivity index is 2.93. The molecule has 1 aromatic rings. The molecule has 0 radical (unpaired) electrons. The topological polar surface area (TPSA) is 29.9 Å². The summed E-state index contributed by atoms with van der Waals surface area (Å²) in [7, 11) is 3.92. The molecule has 0 fully saturated rings. The summed E-state index contributed by atoms with van der Waals surface area (Å²) in [5, 5.41) is 7.43. The third-order valence-corrected chi connectivity index (χ3v) is 1.91. The molecule has 0 aromatic carbocycles. The fraction of sp³-hybridized carbons (Fsp3) is 0.625. The lowest BCUT2D eigenvalue weighted by molar-refractivity contribution is 0.578. The number of hydrogen-bond donors (Lipinski definition) is 1. The molecule has 0 amide bonds. The van der Waals surface area contributed by atoms with Gasteiger partial charge in [0, 0.05) is 13.1 Å². The molecular formula is C8H15N3. The van der Waals surface area contributed by atoms with Gasteiger partial charge in [-0.15, -0.1) is 0 Å². The van der Waals surface area contributed by atoms with Crippen LogP contribution < -0.4 is 5.32 Å². The SMILES string of the molecule is CNC(C)c1cc(C)nn1C. The van der Waals surface area contributed by atoms with E-state index in [1.807, 2.05) is 25.7 Å². The summed E-state index contributed by atoms with van der Waals surface area (Å²) in [6.45, 7) is 4.13. The van der Waals surface area contributed by atoms with Crippen LogP contribution >= 0.6 is 0 Å². The molecule has 1 aromatic heterocycles. The van der Waals surface area contributed by atoms with Gasteiger partial charge in [0.15, 0.2) is 0 Å². The Morgan fingerprint density at radius 2 is 2.27 bits per heavy atom. The molecule has 62 valence electrons. The minimum atomic E-state index is 0.376. The van der Waals surface area contributed by atoms with Crippen molar-refractivity contribution in [1.29, 1.82) is 0 Å². The number of rotatable bonds is 2. The van der Waals surface area contributed by atoms with Gasteiger partial charge >= 0.3 is 0 Å². The Morgan fingerprint density at radius 3 is 2.64 bits per heavy atom. The largest absolute Gasteiger partial charge is 0.312 e. The lowest BCUT2D eigenvalue weighted by Gasteiger charge is -2.09. The maximum absolute atomic E-state index is 4.26. The van der Waals surface area contributed by atoms with Crippen molar-refractivity contribution in [2.75, 3.05) is 7.05 Å². The summed E-state index contributed by atoms with van der Waals surface area (Å²) < 4.78 is 1.91. The molecule has 0 spiro atoms. The average molecular weight is 153 g/mol. The van der Waals surface area contributed by atoms with E-state index in [2.05, 4.69) is 23.4 Å². The molecule has 0 bridgehead atoms. The van der Waals surface area contributed by atoms with Crippen molar-refractivity contribution in [2.45, 2.75) is 19.9 Å². The van der Waals surface area contributed by atoms with Crippen LogP contribution in [0.25, 0.3) is 0 Å². The van der Waals surface area contributed by atoms with Gasteiger partial charge in [-0.2, -0.15) is 5.10 Å². The third kappa shape index (κ3) is 1.60. The van der Waals surface area contributed by atoms with E-state index in [1.54, 1.807) is 0 Å². The zero-order valence-corrected chi connectivity index (χ0v) is 7.55. The Bertz CT molecular complexity index is 239. The first-order chi connectivity index (χ1) is 5.15. The van der Waals surface area contributed by atoms with Crippen molar-refractivity contribution in [2.24, 2.45) is 7.05 Å². The summed E-state index contributed by atoms with van der Waals surface area (Å²) in [6, 6.07) is 2.47. The molecule has 1 atom stereocenters. The van der Waals surface area contributed by atoms with Crippen LogP contribution in [0.15, 0.2) is 6.07 Å². The van der Waals surface area contributed by atoms with Crippen LogP contribution in [-0.2, 0) is 7.05 Å². The Morgan fingerprint density at radius 1 is 1.64 bits per heavy atom. The van der Waals surface area contributed by atoms with Gasteiger partial charge in [-0.1, -0.05) is 0 Å². The maximum atomic E-state index is 4.26. The molecule has 0 saturated carbocycles. The Hall–Kier alpha value is -0.830. The summed E-state index contributed by atoms with van der Waals surface area (Å²) in [5.74, 6) is 0. The number of nitrogens with one attached hydrogen (secondary N) is 1. The van der Waals surface area contributed by atoms with Crippen LogP contribution in [-0.4, -0.2) is 16.8 Å². The number of nitrogens with zero attached hydrogens (tertiary/aromatic N) is 2. The van der Waals surface area contributed by atoms with E-state index in [9.17, 15) is 0 Å². The summed E-state index contributed by atoms with van der Waals surface area (Å²) >= 11 is 0. The lowest BCUT2D eigenvalue weighted by Crippen LogP contribution is -2.15. The second kappa shape index (κ2) is 3.05. The molecule has 3 heteroatoms. The highest BCUT2D eigenvalue weighted by Crippen LogP contribution is 2.11. The van der Waals surface area contributed by atoms with Crippen molar-refractivity contribution in [1.82, 2.24) is 15.1 Å². The molecule has 0 aliphatic heterocycles. The van der Waals surface area contributed by atoms with Crippen molar-refractivity contribution in [3.8, 4) is 0 Å². The zero-order chi connectivity index (χ0) is 8.43. The Kier molecular flexibility index (Phi) is 2.29. The van der Waals surface area contributed by atoms with Gasteiger partial charge in [0.25, 0.3) is 0 Å². The standard InChI is InChI=1S/C8H15N3/c1-6-5-8(7(2)9-3)11(4)10-6/h5,7,9H,1-4H3. The van der Waals surface area contributed by atoms with E-state index in [0.29, 0.717) is 6.04 Å². The van der Waals surface area contributed by atoms with Crippen LogP contribution in [0, 0.1) is 6.92 Å². The summed E-state index contributed by atoms with van der Waals surface area (Å²) in [5.41, 5.74) is 2.30. The molecule has 3 nitrogen and oxygen atoms in total. The number of aromatic nitrogens is 2. The summed E-state index contributed by atoms with van der Waals surface area (Å²) in [4.78, 5) is 0. The molecule has 1 unspecified atom stereocenters. The first kappa shape index (κ1) is 8.27. The average Bonchev–Trinajstić information content (AvgIpc) is 2.28. The fourth-order valence-electron chi connectivity index (χ4n) is 1.18.